The van der Waals surface area contributed by atoms with Gasteiger partial charge in [-0.1, -0.05) is 24.3 Å². The Morgan fingerprint density at radius 3 is 2.38 bits per heavy atom. The van der Waals surface area contributed by atoms with E-state index in [2.05, 4.69) is 0 Å². The van der Waals surface area contributed by atoms with Crippen molar-refractivity contribution in [2.24, 2.45) is 5.14 Å². The van der Waals surface area contributed by atoms with Crippen LogP contribution in [0.2, 0.25) is 0 Å². The van der Waals surface area contributed by atoms with Gasteiger partial charge in [0.1, 0.15) is 11.9 Å². The average molecular weight is 459 g/mol. The number of nitrogens with two attached hydrogens (primary N) is 1. The van der Waals surface area contributed by atoms with Gasteiger partial charge in [0.25, 0.3) is 0 Å². The van der Waals surface area contributed by atoms with Gasteiger partial charge in [0.15, 0.2) is 23.1 Å². The number of methoxy groups -OCH3 is 3. The lowest BCUT2D eigenvalue weighted by Crippen LogP contribution is -2.18. The van der Waals surface area contributed by atoms with Crippen molar-refractivity contribution >= 4 is 10.0 Å². The fourth-order valence-electron chi connectivity index (χ4n) is 3.92. The molecule has 3 aromatic rings. The van der Waals surface area contributed by atoms with Crippen LogP contribution in [0.4, 0.5) is 4.39 Å². The van der Waals surface area contributed by atoms with Gasteiger partial charge < -0.3 is 18.9 Å². The molecule has 0 bridgehead atoms. The molecule has 4 rings (SSSR count). The second-order valence-electron chi connectivity index (χ2n) is 7.29. The quantitative estimate of drug-likeness (QED) is 0.603. The molecule has 0 radical (unpaired) electrons. The molecular formula is C23H22FNO6S. The lowest BCUT2D eigenvalue weighted by Gasteiger charge is -2.31. The van der Waals surface area contributed by atoms with Crippen molar-refractivity contribution < 1.29 is 31.8 Å². The molecule has 9 heteroatoms. The largest absolute Gasteiger partial charge is 0.493 e. The summed E-state index contributed by atoms with van der Waals surface area (Å²) in [5, 5.41) is 5.24. The van der Waals surface area contributed by atoms with Crippen molar-refractivity contribution in [2.75, 3.05) is 21.3 Å². The summed E-state index contributed by atoms with van der Waals surface area (Å²) in [5.74, 6) is 0.687. The zero-order valence-corrected chi connectivity index (χ0v) is 18.5. The standard InChI is InChI=1S/C23H22FNO6S/c1-28-18-8-5-14(11-20(18)29-2)22-16-10-13(12-32(25,26)27)4-6-15(16)21-19(31-22)9-7-17(24)23(21)30-3/h4-11,22H,12H2,1-3H3,(H2,25,26,27). The van der Waals surface area contributed by atoms with Crippen LogP contribution in [0.1, 0.15) is 22.8 Å². The van der Waals surface area contributed by atoms with E-state index in [1.165, 1.54) is 20.3 Å². The Balaban J connectivity index is 1.94. The second-order valence-corrected chi connectivity index (χ2v) is 8.91. The summed E-state index contributed by atoms with van der Waals surface area (Å²) < 4.78 is 60.1. The highest BCUT2D eigenvalue weighted by atomic mass is 32.2. The van der Waals surface area contributed by atoms with Crippen molar-refractivity contribution in [3.05, 3.63) is 71.0 Å². The van der Waals surface area contributed by atoms with Crippen LogP contribution in [-0.2, 0) is 15.8 Å². The van der Waals surface area contributed by atoms with Gasteiger partial charge in [-0.05, 0) is 35.4 Å². The van der Waals surface area contributed by atoms with Crippen LogP contribution in [-0.4, -0.2) is 29.7 Å². The van der Waals surface area contributed by atoms with Crippen LogP contribution >= 0.6 is 0 Å². The lowest BCUT2D eigenvalue weighted by atomic mass is 9.88. The minimum absolute atomic E-state index is 0.0497. The van der Waals surface area contributed by atoms with Gasteiger partial charge in [-0.25, -0.2) is 17.9 Å². The topological polar surface area (TPSA) is 97.1 Å². The number of hydrogen-bond acceptors (Lipinski definition) is 6. The van der Waals surface area contributed by atoms with E-state index in [1.807, 2.05) is 6.07 Å². The van der Waals surface area contributed by atoms with E-state index in [-0.39, 0.29) is 11.5 Å². The molecular weight excluding hydrogens is 437 g/mol. The minimum Gasteiger partial charge on any atom is -0.493 e. The van der Waals surface area contributed by atoms with Crippen LogP contribution in [0, 0.1) is 5.82 Å². The van der Waals surface area contributed by atoms with E-state index in [0.717, 1.165) is 5.56 Å². The highest BCUT2D eigenvalue weighted by Gasteiger charge is 2.32. The number of primary sulfonamides is 1. The number of benzene rings is 3. The number of ether oxygens (including phenoxy) is 4. The number of halogens is 1. The van der Waals surface area contributed by atoms with E-state index in [0.29, 0.717) is 39.5 Å². The first-order valence-corrected chi connectivity index (χ1v) is 11.4. The molecule has 7 nitrogen and oxygen atoms in total. The lowest BCUT2D eigenvalue weighted by molar-refractivity contribution is 0.240. The predicted molar refractivity (Wildman–Crippen MR) is 117 cm³/mol. The highest BCUT2D eigenvalue weighted by molar-refractivity contribution is 7.88. The molecule has 0 spiro atoms. The normalized spacial score (nSPS) is 14.7. The maximum atomic E-state index is 14.5. The summed E-state index contributed by atoms with van der Waals surface area (Å²) in [6.45, 7) is 0. The summed E-state index contributed by atoms with van der Waals surface area (Å²) in [5.41, 5.74) is 3.00. The van der Waals surface area contributed by atoms with Gasteiger partial charge in [-0.2, -0.15) is 0 Å². The van der Waals surface area contributed by atoms with Crippen LogP contribution < -0.4 is 24.1 Å². The Morgan fingerprint density at radius 1 is 0.969 bits per heavy atom. The molecule has 168 valence electrons. The van der Waals surface area contributed by atoms with Gasteiger partial charge in [0, 0.05) is 11.1 Å². The second kappa shape index (κ2) is 8.33. The molecule has 1 unspecified atom stereocenters. The number of fused-ring (bicyclic) bond motifs is 3. The van der Waals surface area contributed by atoms with Crippen LogP contribution in [0.5, 0.6) is 23.0 Å². The third-order valence-electron chi connectivity index (χ3n) is 5.27. The number of hydrogen-bond donors (Lipinski definition) is 1. The van der Waals surface area contributed by atoms with Crippen molar-refractivity contribution in [2.45, 2.75) is 11.9 Å². The third kappa shape index (κ3) is 3.96. The van der Waals surface area contributed by atoms with Crippen LogP contribution in [0.25, 0.3) is 11.1 Å². The molecule has 1 atom stereocenters. The Kier molecular flexibility index (Phi) is 5.70. The molecule has 32 heavy (non-hydrogen) atoms. The molecule has 1 aliphatic rings. The van der Waals surface area contributed by atoms with Crippen molar-refractivity contribution in [1.29, 1.82) is 0 Å². The first kappa shape index (κ1) is 21.9. The maximum absolute atomic E-state index is 14.5. The molecule has 0 saturated carbocycles. The summed E-state index contributed by atoms with van der Waals surface area (Å²) >= 11 is 0. The van der Waals surface area contributed by atoms with Gasteiger partial charge in [-0.15, -0.1) is 0 Å². The minimum atomic E-state index is -3.75. The Bertz CT molecular complexity index is 1290. The SMILES string of the molecule is COc1ccc(C2Oc3ccc(F)c(OC)c3-c3ccc(CS(N)(=O)=O)cc32)cc1OC. The van der Waals surface area contributed by atoms with E-state index in [1.54, 1.807) is 43.5 Å². The summed E-state index contributed by atoms with van der Waals surface area (Å²) in [6.07, 6.45) is -0.618. The first-order chi connectivity index (χ1) is 15.3. The van der Waals surface area contributed by atoms with Gasteiger partial charge >= 0.3 is 0 Å². The molecule has 2 N–H and O–H groups in total. The van der Waals surface area contributed by atoms with E-state index < -0.39 is 21.9 Å². The van der Waals surface area contributed by atoms with Gasteiger partial charge in [0.2, 0.25) is 10.0 Å². The summed E-state index contributed by atoms with van der Waals surface area (Å²) in [6, 6.07) is 13.3. The molecule has 0 saturated heterocycles. The average Bonchev–Trinajstić information content (AvgIpc) is 2.76. The van der Waals surface area contributed by atoms with Crippen LogP contribution in [0.15, 0.2) is 48.5 Å². The fourth-order valence-corrected chi connectivity index (χ4v) is 4.57. The molecule has 0 amide bonds. The molecule has 1 aliphatic heterocycles. The molecule has 0 aromatic heterocycles. The molecule has 0 fully saturated rings. The van der Waals surface area contributed by atoms with E-state index >= 15 is 0 Å². The zero-order valence-electron chi connectivity index (χ0n) is 17.7. The molecule has 3 aromatic carbocycles. The maximum Gasteiger partial charge on any atom is 0.213 e. The molecule has 1 heterocycles. The zero-order chi connectivity index (χ0) is 23.0. The monoisotopic (exact) mass is 459 g/mol. The number of rotatable bonds is 6. The van der Waals surface area contributed by atoms with Crippen LogP contribution in [0.3, 0.4) is 0 Å². The summed E-state index contributed by atoms with van der Waals surface area (Å²) in [7, 11) is 0.710. The van der Waals surface area contributed by atoms with Crippen molar-refractivity contribution in [3.8, 4) is 34.1 Å². The number of sulfonamides is 1. The van der Waals surface area contributed by atoms with E-state index in [9.17, 15) is 12.8 Å². The Hall–Kier alpha value is -3.30. The first-order valence-electron chi connectivity index (χ1n) is 9.64. The van der Waals surface area contributed by atoms with E-state index in [4.69, 9.17) is 24.1 Å². The smallest absolute Gasteiger partial charge is 0.213 e. The summed E-state index contributed by atoms with van der Waals surface area (Å²) in [4.78, 5) is 0. The Morgan fingerprint density at radius 2 is 1.72 bits per heavy atom. The van der Waals surface area contributed by atoms with Crippen molar-refractivity contribution in [1.82, 2.24) is 0 Å². The van der Waals surface area contributed by atoms with Gasteiger partial charge in [0.05, 0.1) is 32.6 Å². The highest BCUT2D eigenvalue weighted by Crippen LogP contribution is 2.50. The fraction of sp³-hybridized carbons (Fsp3) is 0.217. The van der Waals surface area contributed by atoms with Crippen molar-refractivity contribution in [3.63, 3.8) is 0 Å². The molecule has 0 aliphatic carbocycles. The van der Waals surface area contributed by atoms with Gasteiger partial charge in [-0.3, -0.25) is 0 Å². The predicted octanol–water partition coefficient (Wildman–Crippen LogP) is 3.79. The Labute approximate surface area is 185 Å². The third-order valence-corrected chi connectivity index (χ3v) is 6.00.